The molecule has 10 heteroatoms. The number of aliphatic hydroxyl groups is 1. The summed E-state index contributed by atoms with van der Waals surface area (Å²) in [7, 11) is 1.58. The minimum Gasteiger partial charge on any atom is -0.481 e. The fourth-order valence-corrected chi connectivity index (χ4v) is 4.22. The number of rotatable bonds is 12. The van der Waals surface area contributed by atoms with Gasteiger partial charge in [0, 0.05) is 62.4 Å². The highest BCUT2D eigenvalue weighted by atomic mass is 16.5. The van der Waals surface area contributed by atoms with Gasteiger partial charge in [0.1, 0.15) is 0 Å². The molecule has 0 unspecified atom stereocenters. The second-order valence-electron chi connectivity index (χ2n) is 8.71. The number of fused-ring (bicyclic) bond motifs is 1. The maximum absolute atomic E-state index is 13.4. The fourth-order valence-electron chi connectivity index (χ4n) is 4.22. The van der Waals surface area contributed by atoms with Gasteiger partial charge in [-0.05, 0) is 37.9 Å². The number of nitrogens with one attached hydrogen (secondary N) is 1. The Morgan fingerprint density at radius 2 is 2.03 bits per heavy atom. The SMILES string of the molecule is CCCOCCn1c(=O)c(NCCCN2CC[C@H](O)C2)nc2ncc(-c3ccc(OC)nc3)cc21. The third-order valence-electron chi connectivity index (χ3n) is 6.08. The van der Waals surface area contributed by atoms with Crippen LogP contribution < -0.4 is 15.6 Å². The number of likely N-dealkylation sites (tertiary alicyclic amines) is 1. The topological polar surface area (TPSA) is 115 Å². The third-order valence-corrected chi connectivity index (χ3v) is 6.08. The van der Waals surface area contributed by atoms with Crippen LogP contribution in [0.1, 0.15) is 26.2 Å². The van der Waals surface area contributed by atoms with E-state index < -0.39 is 0 Å². The molecular formula is C25H34N6O4. The Kier molecular flexibility index (Phi) is 8.62. The van der Waals surface area contributed by atoms with Crippen molar-refractivity contribution in [1.82, 2.24) is 24.4 Å². The zero-order valence-corrected chi connectivity index (χ0v) is 20.4. The summed E-state index contributed by atoms with van der Waals surface area (Å²) in [5, 5.41) is 12.9. The highest BCUT2D eigenvalue weighted by molar-refractivity contribution is 5.78. The van der Waals surface area contributed by atoms with E-state index in [2.05, 4.69) is 32.1 Å². The first kappa shape index (κ1) is 25.0. The number of methoxy groups -OCH3 is 1. The molecule has 35 heavy (non-hydrogen) atoms. The van der Waals surface area contributed by atoms with Crippen LogP contribution in [0.2, 0.25) is 0 Å². The largest absolute Gasteiger partial charge is 0.481 e. The van der Waals surface area contributed by atoms with Crippen LogP contribution in [-0.4, -0.2) is 82.1 Å². The lowest BCUT2D eigenvalue weighted by Gasteiger charge is -2.16. The van der Waals surface area contributed by atoms with E-state index in [4.69, 9.17) is 9.47 Å². The lowest BCUT2D eigenvalue weighted by atomic mass is 10.1. The van der Waals surface area contributed by atoms with Gasteiger partial charge in [-0.25, -0.2) is 15.0 Å². The second kappa shape index (κ2) is 12.1. The molecule has 0 amide bonds. The van der Waals surface area contributed by atoms with Gasteiger partial charge in [0.15, 0.2) is 11.5 Å². The predicted octanol–water partition coefficient (Wildman–Crippen LogP) is 2.16. The first-order chi connectivity index (χ1) is 17.1. The summed E-state index contributed by atoms with van der Waals surface area (Å²) in [6, 6.07) is 5.62. The summed E-state index contributed by atoms with van der Waals surface area (Å²) in [5.74, 6) is 0.826. The minimum atomic E-state index is -0.225. The number of aromatic nitrogens is 4. The van der Waals surface area contributed by atoms with E-state index in [1.165, 1.54) is 0 Å². The Balaban J connectivity index is 1.56. The highest BCUT2D eigenvalue weighted by Crippen LogP contribution is 2.23. The number of aliphatic hydroxyl groups excluding tert-OH is 1. The number of anilines is 1. The van der Waals surface area contributed by atoms with Gasteiger partial charge in [-0.3, -0.25) is 9.36 Å². The van der Waals surface area contributed by atoms with E-state index in [1.54, 1.807) is 30.1 Å². The molecule has 2 N–H and O–H groups in total. The van der Waals surface area contributed by atoms with Crippen LogP contribution in [0.15, 0.2) is 35.4 Å². The van der Waals surface area contributed by atoms with Crippen LogP contribution in [0, 0.1) is 0 Å². The van der Waals surface area contributed by atoms with Gasteiger partial charge in [0.2, 0.25) is 5.88 Å². The van der Waals surface area contributed by atoms with Crippen LogP contribution in [-0.2, 0) is 11.3 Å². The minimum absolute atomic E-state index is 0.194. The van der Waals surface area contributed by atoms with Crippen molar-refractivity contribution < 1.29 is 14.6 Å². The van der Waals surface area contributed by atoms with E-state index in [9.17, 15) is 9.90 Å². The van der Waals surface area contributed by atoms with Crippen molar-refractivity contribution in [3.8, 4) is 17.0 Å². The van der Waals surface area contributed by atoms with E-state index in [0.29, 0.717) is 49.2 Å². The third kappa shape index (κ3) is 6.33. The molecule has 3 aromatic rings. The molecule has 1 aliphatic rings. The Morgan fingerprint density at radius 1 is 1.17 bits per heavy atom. The Labute approximate surface area is 204 Å². The summed E-state index contributed by atoms with van der Waals surface area (Å²) in [6.07, 6.45) is 5.83. The standard InChI is InChI=1S/C25H34N6O4/c1-3-12-35-13-11-31-21-14-19(18-5-6-22(34-2)27-15-18)16-28-23(21)29-24(25(31)33)26-8-4-9-30-10-7-20(32)17-30/h5-6,14-16,20,32H,3-4,7-13,17H2,1-2H3,(H,26,28,29)/t20-/m0/s1. The number of hydrogen-bond acceptors (Lipinski definition) is 9. The lowest BCUT2D eigenvalue weighted by molar-refractivity contribution is 0.127. The average molecular weight is 483 g/mol. The maximum atomic E-state index is 13.4. The quantitative estimate of drug-likeness (QED) is 0.375. The molecule has 0 spiro atoms. The van der Waals surface area contributed by atoms with Crippen molar-refractivity contribution >= 4 is 17.0 Å². The lowest BCUT2D eigenvalue weighted by Crippen LogP contribution is -2.29. The van der Waals surface area contributed by atoms with Crippen LogP contribution in [0.25, 0.3) is 22.3 Å². The molecule has 4 rings (SSSR count). The van der Waals surface area contributed by atoms with E-state index in [0.717, 1.165) is 50.0 Å². The van der Waals surface area contributed by atoms with Gasteiger partial charge in [0.25, 0.3) is 5.56 Å². The van der Waals surface area contributed by atoms with Gasteiger partial charge < -0.3 is 24.8 Å². The molecule has 0 radical (unpaired) electrons. The van der Waals surface area contributed by atoms with Gasteiger partial charge in [0.05, 0.1) is 25.3 Å². The molecule has 1 aliphatic heterocycles. The average Bonchev–Trinajstić information content (AvgIpc) is 3.30. The van der Waals surface area contributed by atoms with Crippen molar-refractivity contribution in [3.05, 3.63) is 40.9 Å². The molecule has 1 fully saturated rings. The summed E-state index contributed by atoms with van der Waals surface area (Å²) in [4.78, 5) is 29.0. The summed E-state index contributed by atoms with van der Waals surface area (Å²) in [5.41, 5.74) is 2.66. The van der Waals surface area contributed by atoms with Gasteiger partial charge in [-0.15, -0.1) is 0 Å². The van der Waals surface area contributed by atoms with E-state index >= 15 is 0 Å². The molecule has 0 bridgehead atoms. The number of hydrogen-bond donors (Lipinski definition) is 2. The Morgan fingerprint density at radius 3 is 2.74 bits per heavy atom. The zero-order chi connectivity index (χ0) is 24.6. The molecular weight excluding hydrogens is 448 g/mol. The number of pyridine rings is 2. The normalized spacial score (nSPS) is 16.1. The Hall–Kier alpha value is -3.08. The highest BCUT2D eigenvalue weighted by Gasteiger charge is 2.19. The van der Waals surface area contributed by atoms with Gasteiger partial charge >= 0.3 is 0 Å². The van der Waals surface area contributed by atoms with Crippen LogP contribution in [0.5, 0.6) is 5.88 Å². The van der Waals surface area contributed by atoms with Crippen LogP contribution in [0.3, 0.4) is 0 Å². The van der Waals surface area contributed by atoms with E-state index in [1.807, 2.05) is 12.1 Å². The molecule has 3 aromatic heterocycles. The smallest absolute Gasteiger partial charge is 0.293 e. The molecule has 10 nitrogen and oxygen atoms in total. The second-order valence-corrected chi connectivity index (χ2v) is 8.71. The van der Waals surface area contributed by atoms with E-state index in [-0.39, 0.29) is 11.7 Å². The van der Waals surface area contributed by atoms with Gasteiger partial charge in [-0.2, -0.15) is 0 Å². The summed E-state index contributed by atoms with van der Waals surface area (Å²) < 4.78 is 12.5. The molecule has 1 saturated heterocycles. The van der Waals surface area contributed by atoms with Crippen LogP contribution in [0.4, 0.5) is 5.82 Å². The number of ether oxygens (including phenoxy) is 2. The molecule has 0 saturated carbocycles. The monoisotopic (exact) mass is 482 g/mol. The summed E-state index contributed by atoms with van der Waals surface area (Å²) >= 11 is 0. The van der Waals surface area contributed by atoms with Crippen molar-refractivity contribution in [3.63, 3.8) is 0 Å². The first-order valence-corrected chi connectivity index (χ1v) is 12.2. The van der Waals surface area contributed by atoms with Crippen molar-refractivity contribution in [2.45, 2.75) is 38.8 Å². The van der Waals surface area contributed by atoms with Crippen molar-refractivity contribution in [1.29, 1.82) is 0 Å². The fraction of sp³-hybridized carbons (Fsp3) is 0.520. The number of β-amino-alcohol motifs (C(OH)–C–C–N with tert-alkyl or cyclic N) is 1. The molecule has 0 aromatic carbocycles. The first-order valence-electron chi connectivity index (χ1n) is 12.2. The molecule has 0 aliphatic carbocycles. The van der Waals surface area contributed by atoms with Crippen molar-refractivity contribution in [2.75, 3.05) is 51.8 Å². The summed E-state index contributed by atoms with van der Waals surface area (Å²) in [6.45, 7) is 6.65. The van der Waals surface area contributed by atoms with Crippen molar-refractivity contribution in [2.24, 2.45) is 0 Å². The predicted molar refractivity (Wildman–Crippen MR) is 135 cm³/mol. The van der Waals surface area contributed by atoms with Gasteiger partial charge in [-0.1, -0.05) is 6.92 Å². The Bertz CT molecular complexity index is 1170. The van der Waals surface area contributed by atoms with Crippen LogP contribution >= 0.6 is 0 Å². The molecule has 1 atom stereocenters. The number of nitrogens with zero attached hydrogens (tertiary/aromatic N) is 5. The molecule has 4 heterocycles. The zero-order valence-electron chi connectivity index (χ0n) is 20.4. The molecule has 188 valence electrons. The maximum Gasteiger partial charge on any atom is 0.293 e.